The number of aromatic nitrogens is 2. The van der Waals surface area contributed by atoms with E-state index in [4.69, 9.17) is 0 Å². The van der Waals surface area contributed by atoms with Gasteiger partial charge in [-0.3, -0.25) is 4.68 Å². The average Bonchev–Trinajstić information content (AvgIpc) is 2.82. The molecule has 0 radical (unpaired) electrons. The summed E-state index contributed by atoms with van der Waals surface area (Å²) in [6.07, 6.45) is 2.99. The quantitative estimate of drug-likeness (QED) is 0.872. The van der Waals surface area contributed by atoms with Crippen LogP contribution in [0.2, 0.25) is 0 Å². The molecule has 0 aliphatic rings. The predicted octanol–water partition coefficient (Wildman–Crippen LogP) is 3.47. The molecule has 1 atom stereocenters. The number of hydrogen-bond donors (Lipinski definition) is 1. The van der Waals surface area contributed by atoms with Gasteiger partial charge >= 0.3 is 0 Å². The molecule has 1 aromatic heterocycles. The Hall–Kier alpha value is -1.61. The minimum atomic E-state index is 0.345. The molecule has 0 spiro atoms. The molecule has 2 rings (SSSR count). The van der Waals surface area contributed by atoms with E-state index in [-0.39, 0.29) is 0 Å². The molecule has 1 unspecified atom stereocenters. The minimum absolute atomic E-state index is 0.345. The van der Waals surface area contributed by atoms with Gasteiger partial charge in [-0.25, -0.2) is 0 Å². The minimum Gasteiger partial charge on any atom is -0.305 e. The first-order valence-electron chi connectivity index (χ1n) is 7.35. The Labute approximate surface area is 122 Å². The van der Waals surface area contributed by atoms with Gasteiger partial charge in [-0.05, 0) is 36.5 Å². The van der Waals surface area contributed by atoms with Crippen LogP contribution in [-0.2, 0) is 20.0 Å². The molecule has 3 heteroatoms. The van der Waals surface area contributed by atoms with E-state index >= 15 is 0 Å². The molecule has 20 heavy (non-hydrogen) atoms. The van der Waals surface area contributed by atoms with Crippen LogP contribution in [0, 0.1) is 5.92 Å². The Kier molecular flexibility index (Phi) is 4.96. The molecular weight excluding hydrogens is 246 g/mol. The summed E-state index contributed by atoms with van der Waals surface area (Å²) in [5.41, 5.74) is 3.95. The van der Waals surface area contributed by atoms with Crippen molar-refractivity contribution in [3.05, 3.63) is 53.3 Å². The standard InChI is InChI=1S/C17H25N3/c1-13(2)11-15-5-7-16(8-6-15)14(3)18-12-17-9-10-19-20(17)4/h5-10,13-14,18H,11-12H2,1-4H3. The zero-order valence-corrected chi connectivity index (χ0v) is 12.9. The summed E-state index contributed by atoms with van der Waals surface area (Å²) in [6.45, 7) is 7.55. The van der Waals surface area contributed by atoms with Crippen molar-refractivity contribution in [3.8, 4) is 0 Å². The van der Waals surface area contributed by atoms with Crippen LogP contribution < -0.4 is 5.32 Å². The van der Waals surface area contributed by atoms with Crippen LogP contribution >= 0.6 is 0 Å². The fourth-order valence-corrected chi connectivity index (χ4v) is 2.36. The van der Waals surface area contributed by atoms with Crippen molar-refractivity contribution in [3.63, 3.8) is 0 Å². The molecule has 0 aliphatic carbocycles. The monoisotopic (exact) mass is 271 g/mol. The second-order valence-electron chi connectivity index (χ2n) is 5.89. The molecule has 1 aromatic carbocycles. The molecule has 1 heterocycles. The number of nitrogens with one attached hydrogen (secondary N) is 1. The highest BCUT2D eigenvalue weighted by Gasteiger charge is 2.06. The third-order valence-electron chi connectivity index (χ3n) is 3.64. The van der Waals surface area contributed by atoms with Crippen molar-refractivity contribution >= 4 is 0 Å². The molecule has 108 valence electrons. The van der Waals surface area contributed by atoms with E-state index in [9.17, 15) is 0 Å². The highest BCUT2D eigenvalue weighted by atomic mass is 15.3. The fraction of sp³-hybridized carbons (Fsp3) is 0.471. The average molecular weight is 271 g/mol. The highest BCUT2D eigenvalue weighted by Crippen LogP contribution is 2.16. The van der Waals surface area contributed by atoms with Crippen molar-refractivity contribution in [1.82, 2.24) is 15.1 Å². The number of hydrogen-bond acceptors (Lipinski definition) is 2. The summed E-state index contributed by atoms with van der Waals surface area (Å²) in [7, 11) is 1.97. The zero-order chi connectivity index (χ0) is 14.5. The first-order chi connectivity index (χ1) is 9.56. The third kappa shape index (κ3) is 3.94. The van der Waals surface area contributed by atoms with Crippen LogP contribution in [0.5, 0.6) is 0 Å². The first kappa shape index (κ1) is 14.8. The van der Waals surface area contributed by atoms with Crippen LogP contribution in [0.4, 0.5) is 0 Å². The summed E-state index contributed by atoms with van der Waals surface area (Å²) in [5, 5.41) is 7.72. The molecule has 0 bridgehead atoms. The van der Waals surface area contributed by atoms with Crippen LogP contribution in [0.15, 0.2) is 36.5 Å². The van der Waals surface area contributed by atoms with E-state index in [1.807, 2.05) is 24.0 Å². The topological polar surface area (TPSA) is 29.9 Å². The number of aryl methyl sites for hydroxylation is 1. The van der Waals surface area contributed by atoms with Gasteiger partial charge in [0.15, 0.2) is 0 Å². The van der Waals surface area contributed by atoms with Crippen molar-refractivity contribution in [2.75, 3.05) is 0 Å². The summed E-state index contributed by atoms with van der Waals surface area (Å²) in [4.78, 5) is 0. The Bertz CT molecular complexity index is 525. The number of rotatable bonds is 6. The van der Waals surface area contributed by atoms with Gasteiger partial charge < -0.3 is 5.32 Å². The normalized spacial score (nSPS) is 12.8. The van der Waals surface area contributed by atoms with Crippen molar-refractivity contribution in [2.45, 2.75) is 39.8 Å². The summed E-state index contributed by atoms with van der Waals surface area (Å²) < 4.78 is 1.91. The van der Waals surface area contributed by atoms with E-state index in [2.05, 4.69) is 55.5 Å². The van der Waals surface area contributed by atoms with Crippen LogP contribution in [-0.4, -0.2) is 9.78 Å². The second-order valence-corrected chi connectivity index (χ2v) is 5.89. The van der Waals surface area contributed by atoms with Crippen LogP contribution in [0.25, 0.3) is 0 Å². The van der Waals surface area contributed by atoms with Gasteiger partial charge in [-0.15, -0.1) is 0 Å². The Morgan fingerprint density at radius 1 is 1.10 bits per heavy atom. The van der Waals surface area contributed by atoms with Crippen LogP contribution in [0.1, 0.15) is 43.6 Å². The predicted molar refractivity (Wildman–Crippen MR) is 83.4 cm³/mol. The summed E-state index contributed by atoms with van der Waals surface area (Å²) >= 11 is 0. The molecule has 0 saturated carbocycles. The first-order valence-corrected chi connectivity index (χ1v) is 7.35. The van der Waals surface area contributed by atoms with E-state index in [0.717, 1.165) is 13.0 Å². The second kappa shape index (κ2) is 6.71. The number of benzene rings is 1. The Balaban J connectivity index is 1.92. The molecule has 0 aliphatic heterocycles. The van der Waals surface area contributed by atoms with Crippen molar-refractivity contribution in [1.29, 1.82) is 0 Å². The smallest absolute Gasteiger partial charge is 0.0518 e. The van der Waals surface area contributed by atoms with Crippen molar-refractivity contribution in [2.24, 2.45) is 13.0 Å². The van der Waals surface area contributed by atoms with E-state index in [1.54, 1.807) is 0 Å². The lowest BCUT2D eigenvalue weighted by molar-refractivity contribution is 0.548. The fourth-order valence-electron chi connectivity index (χ4n) is 2.36. The lowest BCUT2D eigenvalue weighted by Crippen LogP contribution is -2.19. The molecule has 2 aromatic rings. The molecule has 0 amide bonds. The summed E-state index contributed by atoms with van der Waals surface area (Å²) in [6, 6.07) is 11.4. The van der Waals surface area contributed by atoms with Gasteiger partial charge in [0, 0.05) is 25.8 Å². The Morgan fingerprint density at radius 2 is 1.80 bits per heavy atom. The molecule has 3 nitrogen and oxygen atoms in total. The maximum Gasteiger partial charge on any atom is 0.0518 e. The lowest BCUT2D eigenvalue weighted by atomic mass is 10.00. The van der Waals surface area contributed by atoms with Gasteiger partial charge in [-0.1, -0.05) is 38.1 Å². The van der Waals surface area contributed by atoms with Gasteiger partial charge in [-0.2, -0.15) is 5.10 Å². The lowest BCUT2D eigenvalue weighted by Gasteiger charge is -2.15. The molecule has 0 fully saturated rings. The third-order valence-corrected chi connectivity index (χ3v) is 3.64. The van der Waals surface area contributed by atoms with Gasteiger partial charge in [0.25, 0.3) is 0 Å². The molecule has 1 N–H and O–H groups in total. The van der Waals surface area contributed by atoms with E-state index in [0.29, 0.717) is 12.0 Å². The largest absolute Gasteiger partial charge is 0.305 e. The summed E-state index contributed by atoms with van der Waals surface area (Å²) in [5.74, 6) is 0.709. The highest BCUT2D eigenvalue weighted by molar-refractivity contribution is 5.25. The number of nitrogens with zero attached hydrogens (tertiary/aromatic N) is 2. The van der Waals surface area contributed by atoms with Gasteiger partial charge in [0.2, 0.25) is 0 Å². The molecule has 0 saturated heterocycles. The van der Waals surface area contributed by atoms with E-state index < -0.39 is 0 Å². The van der Waals surface area contributed by atoms with E-state index in [1.165, 1.54) is 16.8 Å². The van der Waals surface area contributed by atoms with Crippen LogP contribution in [0.3, 0.4) is 0 Å². The van der Waals surface area contributed by atoms with Gasteiger partial charge in [0.05, 0.1) is 5.69 Å². The SMILES string of the molecule is CC(C)Cc1ccc(C(C)NCc2ccnn2C)cc1. The maximum atomic E-state index is 4.18. The maximum absolute atomic E-state index is 4.18. The molecular formula is C17H25N3. The van der Waals surface area contributed by atoms with Gasteiger partial charge in [0.1, 0.15) is 0 Å². The zero-order valence-electron chi connectivity index (χ0n) is 12.9. The Morgan fingerprint density at radius 3 is 2.35 bits per heavy atom. The van der Waals surface area contributed by atoms with Crippen molar-refractivity contribution < 1.29 is 0 Å².